The molecule has 0 bridgehead atoms. The van der Waals surface area contributed by atoms with Crippen molar-refractivity contribution in [1.82, 2.24) is 4.90 Å². The molecule has 2 aliphatic rings. The summed E-state index contributed by atoms with van der Waals surface area (Å²) in [6, 6.07) is 7.30. The number of halogens is 1. The first-order valence-corrected chi connectivity index (χ1v) is 6.45. The van der Waals surface area contributed by atoms with Crippen LogP contribution in [-0.2, 0) is 6.54 Å². The third-order valence-electron chi connectivity index (χ3n) is 4.28. The Morgan fingerprint density at radius 1 is 1.29 bits per heavy atom. The Morgan fingerprint density at radius 2 is 2.18 bits per heavy atom. The average Bonchev–Trinajstić information content (AvgIpc) is 2.82. The number of nitrogens with two attached hydrogens (primary N) is 1. The van der Waals surface area contributed by atoms with Crippen molar-refractivity contribution in [2.24, 2.45) is 17.6 Å². The van der Waals surface area contributed by atoms with Crippen molar-refractivity contribution in [3.8, 4) is 0 Å². The first kappa shape index (κ1) is 11.2. The van der Waals surface area contributed by atoms with Gasteiger partial charge in [-0.2, -0.15) is 0 Å². The van der Waals surface area contributed by atoms with Crippen LogP contribution < -0.4 is 5.73 Å². The SMILES string of the molecule is NC1CCC2CN(Cc3cccc(F)c3)CC12. The summed E-state index contributed by atoms with van der Waals surface area (Å²) >= 11 is 0. The third-order valence-corrected chi connectivity index (χ3v) is 4.28. The van der Waals surface area contributed by atoms with Gasteiger partial charge in [-0.25, -0.2) is 4.39 Å². The summed E-state index contributed by atoms with van der Waals surface area (Å²) in [7, 11) is 0. The van der Waals surface area contributed by atoms with Crippen LogP contribution >= 0.6 is 0 Å². The average molecular weight is 234 g/mol. The van der Waals surface area contributed by atoms with Crippen molar-refractivity contribution in [3.63, 3.8) is 0 Å². The minimum Gasteiger partial charge on any atom is -0.327 e. The number of rotatable bonds is 2. The van der Waals surface area contributed by atoms with Gasteiger partial charge in [0.05, 0.1) is 0 Å². The highest BCUT2D eigenvalue weighted by Gasteiger charge is 2.40. The molecule has 17 heavy (non-hydrogen) atoms. The van der Waals surface area contributed by atoms with Crippen molar-refractivity contribution in [2.45, 2.75) is 25.4 Å². The lowest BCUT2D eigenvalue weighted by Gasteiger charge is -2.18. The van der Waals surface area contributed by atoms with E-state index in [1.807, 2.05) is 6.07 Å². The predicted molar refractivity (Wildman–Crippen MR) is 65.9 cm³/mol. The Labute approximate surface area is 102 Å². The van der Waals surface area contributed by atoms with Crippen molar-refractivity contribution in [3.05, 3.63) is 35.6 Å². The Bertz CT molecular complexity index is 407. The van der Waals surface area contributed by atoms with Crippen LogP contribution in [0.4, 0.5) is 4.39 Å². The zero-order chi connectivity index (χ0) is 11.8. The molecule has 0 amide bonds. The highest BCUT2D eigenvalue weighted by atomic mass is 19.1. The second-order valence-corrected chi connectivity index (χ2v) is 5.49. The summed E-state index contributed by atoms with van der Waals surface area (Å²) < 4.78 is 13.1. The first-order valence-electron chi connectivity index (χ1n) is 6.45. The molecule has 1 aromatic rings. The molecule has 92 valence electrons. The Morgan fingerprint density at radius 3 is 2.94 bits per heavy atom. The summed E-state index contributed by atoms with van der Waals surface area (Å²) in [5.41, 5.74) is 7.18. The molecule has 3 heteroatoms. The van der Waals surface area contributed by atoms with Crippen LogP contribution in [0.2, 0.25) is 0 Å². The van der Waals surface area contributed by atoms with Gasteiger partial charge in [0.15, 0.2) is 0 Å². The molecule has 0 spiro atoms. The first-order chi connectivity index (χ1) is 8.22. The van der Waals surface area contributed by atoms with E-state index in [1.54, 1.807) is 12.1 Å². The molecule has 1 aliphatic heterocycles. The van der Waals surface area contributed by atoms with Crippen LogP contribution in [-0.4, -0.2) is 24.0 Å². The molecule has 2 nitrogen and oxygen atoms in total. The van der Waals surface area contributed by atoms with E-state index in [2.05, 4.69) is 4.90 Å². The van der Waals surface area contributed by atoms with Crippen molar-refractivity contribution < 1.29 is 4.39 Å². The van der Waals surface area contributed by atoms with Gasteiger partial charge in [-0.15, -0.1) is 0 Å². The van der Waals surface area contributed by atoms with Crippen LogP contribution in [0.25, 0.3) is 0 Å². The van der Waals surface area contributed by atoms with E-state index in [0.717, 1.165) is 31.1 Å². The monoisotopic (exact) mass is 234 g/mol. The number of hydrogen-bond acceptors (Lipinski definition) is 2. The second kappa shape index (κ2) is 4.39. The van der Waals surface area contributed by atoms with Gasteiger partial charge < -0.3 is 5.73 Å². The Balaban J connectivity index is 1.64. The fourth-order valence-corrected chi connectivity index (χ4v) is 3.42. The van der Waals surface area contributed by atoms with E-state index in [4.69, 9.17) is 5.73 Å². The molecule has 2 N–H and O–H groups in total. The maximum absolute atomic E-state index is 13.1. The summed E-state index contributed by atoms with van der Waals surface area (Å²) in [6.07, 6.45) is 2.45. The number of fused-ring (bicyclic) bond motifs is 1. The maximum Gasteiger partial charge on any atom is 0.123 e. The topological polar surface area (TPSA) is 29.3 Å². The van der Waals surface area contributed by atoms with Crippen LogP contribution in [0.1, 0.15) is 18.4 Å². The zero-order valence-corrected chi connectivity index (χ0v) is 9.98. The van der Waals surface area contributed by atoms with Gasteiger partial charge >= 0.3 is 0 Å². The molecule has 3 atom stereocenters. The number of benzene rings is 1. The van der Waals surface area contributed by atoms with E-state index in [0.29, 0.717) is 12.0 Å². The van der Waals surface area contributed by atoms with Crippen molar-refractivity contribution in [1.29, 1.82) is 0 Å². The number of likely N-dealkylation sites (tertiary alicyclic amines) is 1. The molecule has 1 saturated carbocycles. The summed E-state index contributed by atoms with van der Waals surface area (Å²) in [5.74, 6) is 1.31. The van der Waals surface area contributed by atoms with Gasteiger partial charge in [0.25, 0.3) is 0 Å². The van der Waals surface area contributed by atoms with E-state index in [9.17, 15) is 4.39 Å². The zero-order valence-electron chi connectivity index (χ0n) is 9.98. The molecule has 3 unspecified atom stereocenters. The largest absolute Gasteiger partial charge is 0.327 e. The lowest BCUT2D eigenvalue weighted by molar-refractivity contribution is 0.298. The standard InChI is InChI=1S/C14H19FN2/c15-12-3-1-2-10(6-12)7-17-8-11-4-5-14(16)13(11)9-17/h1-3,6,11,13-14H,4-5,7-9,16H2. The van der Waals surface area contributed by atoms with Crippen molar-refractivity contribution >= 4 is 0 Å². The molecule has 3 rings (SSSR count). The fraction of sp³-hybridized carbons (Fsp3) is 0.571. The quantitative estimate of drug-likeness (QED) is 0.848. The summed E-state index contributed by atoms with van der Waals surface area (Å²) in [6.45, 7) is 3.08. The van der Waals surface area contributed by atoms with Crippen LogP contribution in [0.3, 0.4) is 0 Å². The smallest absolute Gasteiger partial charge is 0.123 e. The highest BCUT2D eigenvalue weighted by molar-refractivity contribution is 5.16. The molecule has 1 aromatic carbocycles. The van der Waals surface area contributed by atoms with Crippen LogP contribution in [0.15, 0.2) is 24.3 Å². The van der Waals surface area contributed by atoms with E-state index < -0.39 is 0 Å². The molecule has 1 heterocycles. The molecule has 0 radical (unpaired) electrons. The molecular weight excluding hydrogens is 215 g/mol. The maximum atomic E-state index is 13.1. The minimum absolute atomic E-state index is 0.140. The second-order valence-electron chi connectivity index (χ2n) is 5.49. The van der Waals surface area contributed by atoms with Gasteiger partial charge in [-0.05, 0) is 42.4 Å². The highest BCUT2D eigenvalue weighted by Crippen LogP contribution is 2.37. The van der Waals surface area contributed by atoms with Gasteiger partial charge in [-0.3, -0.25) is 4.90 Å². The third kappa shape index (κ3) is 2.22. The molecule has 2 fully saturated rings. The summed E-state index contributed by atoms with van der Waals surface area (Å²) in [4.78, 5) is 2.42. The lowest BCUT2D eigenvalue weighted by atomic mass is 9.98. The van der Waals surface area contributed by atoms with Crippen molar-refractivity contribution in [2.75, 3.05) is 13.1 Å². The van der Waals surface area contributed by atoms with Gasteiger partial charge in [0.1, 0.15) is 5.82 Å². The fourth-order valence-electron chi connectivity index (χ4n) is 3.42. The predicted octanol–water partition coefficient (Wildman–Crippen LogP) is 1.99. The molecule has 1 aliphatic carbocycles. The number of hydrogen-bond donors (Lipinski definition) is 1. The van der Waals surface area contributed by atoms with E-state index >= 15 is 0 Å². The van der Waals surface area contributed by atoms with Crippen LogP contribution in [0, 0.1) is 17.7 Å². The molecular formula is C14H19FN2. The van der Waals surface area contributed by atoms with E-state index in [1.165, 1.54) is 18.9 Å². The van der Waals surface area contributed by atoms with Gasteiger partial charge in [0, 0.05) is 25.7 Å². The Kier molecular flexibility index (Phi) is 2.89. The number of nitrogens with zero attached hydrogens (tertiary/aromatic N) is 1. The van der Waals surface area contributed by atoms with Gasteiger partial charge in [0.2, 0.25) is 0 Å². The molecule has 0 aromatic heterocycles. The molecule has 1 saturated heterocycles. The van der Waals surface area contributed by atoms with Gasteiger partial charge in [-0.1, -0.05) is 12.1 Å². The van der Waals surface area contributed by atoms with Crippen LogP contribution in [0.5, 0.6) is 0 Å². The lowest BCUT2D eigenvalue weighted by Crippen LogP contribution is -2.30. The Hall–Kier alpha value is -0.930. The summed E-state index contributed by atoms with van der Waals surface area (Å²) in [5, 5.41) is 0. The van der Waals surface area contributed by atoms with E-state index in [-0.39, 0.29) is 5.82 Å². The normalized spacial score (nSPS) is 32.9. The minimum atomic E-state index is -0.140.